The predicted octanol–water partition coefficient (Wildman–Crippen LogP) is 1.52. The van der Waals surface area contributed by atoms with Gasteiger partial charge in [0.2, 0.25) is 12.3 Å². The van der Waals surface area contributed by atoms with Crippen LogP contribution in [0.1, 0.15) is 45.9 Å². The minimum atomic E-state index is 0.0692. The second kappa shape index (κ2) is 7.99. The lowest BCUT2D eigenvalue weighted by Crippen LogP contribution is -2.29. The van der Waals surface area contributed by atoms with Crippen molar-refractivity contribution in [1.29, 1.82) is 0 Å². The molecule has 1 atom stereocenters. The smallest absolute Gasteiger partial charge is 0.220 e. The summed E-state index contributed by atoms with van der Waals surface area (Å²) in [5, 5.41) is 6.57. The zero-order valence-electron chi connectivity index (χ0n) is 12.7. The Kier molecular flexibility index (Phi) is 6.64. The minimum Gasteiger partial charge on any atom is -0.356 e. The van der Waals surface area contributed by atoms with E-state index in [4.69, 9.17) is 5.73 Å². The molecule has 1 aromatic rings. The first kappa shape index (κ1) is 16.6. The maximum absolute atomic E-state index is 11.8. The van der Waals surface area contributed by atoms with Gasteiger partial charge in [0.05, 0.1) is 0 Å². The minimum absolute atomic E-state index is 0.0692. The molecule has 20 heavy (non-hydrogen) atoms. The maximum atomic E-state index is 11.8. The van der Waals surface area contributed by atoms with Gasteiger partial charge >= 0.3 is 0 Å². The zero-order valence-corrected chi connectivity index (χ0v) is 12.7. The molecule has 0 fully saturated rings. The summed E-state index contributed by atoms with van der Waals surface area (Å²) in [6.45, 7) is 7.79. The van der Waals surface area contributed by atoms with Crippen molar-refractivity contribution in [2.45, 2.75) is 46.5 Å². The molecular weight excluding hydrogens is 256 g/mol. The highest BCUT2D eigenvalue weighted by atomic mass is 16.5. The topological polar surface area (TPSA) is 94.0 Å². The quantitative estimate of drug-likeness (QED) is 0.754. The van der Waals surface area contributed by atoms with Gasteiger partial charge in [-0.15, -0.1) is 0 Å². The lowest BCUT2D eigenvalue weighted by Gasteiger charge is -2.30. The summed E-state index contributed by atoms with van der Waals surface area (Å²) in [6.07, 6.45) is 4.24. The fourth-order valence-electron chi connectivity index (χ4n) is 2.22. The van der Waals surface area contributed by atoms with E-state index in [9.17, 15) is 4.79 Å². The lowest BCUT2D eigenvalue weighted by atomic mass is 9.76. The molecule has 6 nitrogen and oxygen atoms in total. The van der Waals surface area contributed by atoms with Crippen molar-refractivity contribution in [3.8, 4) is 0 Å². The molecule has 114 valence electrons. The van der Waals surface area contributed by atoms with Crippen LogP contribution in [-0.4, -0.2) is 29.1 Å². The van der Waals surface area contributed by atoms with Gasteiger partial charge < -0.3 is 15.6 Å². The molecule has 1 rings (SSSR count). The molecule has 0 saturated heterocycles. The standard InChI is InChI=1S/C14H26N4O2/c1-14(2,3)11(6-8-15)4-5-13(19)16-9-7-12-17-10-20-18-12/h10-11H,4-9,15H2,1-3H3,(H,16,19). The van der Waals surface area contributed by atoms with E-state index in [1.807, 2.05) is 0 Å². The molecule has 6 heteroatoms. The number of nitrogens with zero attached hydrogens (tertiary/aromatic N) is 2. The number of hydrogen-bond acceptors (Lipinski definition) is 5. The van der Waals surface area contributed by atoms with E-state index in [0.717, 1.165) is 12.8 Å². The van der Waals surface area contributed by atoms with Crippen LogP contribution in [0, 0.1) is 11.3 Å². The molecule has 0 aliphatic rings. The molecule has 1 amide bonds. The molecule has 3 N–H and O–H groups in total. The first-order valence-corrected chi connectivity index (χ1v) is 7.15. The first-order chi connectivity index (χ1) is 9.43. The highest BCUT2D eigenvalue weighted by Gasteiger charge is 2.24. The van der Waals surface area contributed by atoms with E-state index in [0.29, 0.717) is 37.7 Å². The fraction of sp³-hybridized carbons (Fsp3) is 0.786. The second-order valence-electron chi connectivity index (χ2n) is 6.13. The molecular formula is C14H26N4O2. The summed E-state index contributed by atoms with van der Waals surface area (Å²) in [7, 11) is 0. The summed E-state index contributed by atoms with van der Waals surface area (Å²) in [4.78, 5) is 15.7. The van der Waals surface area contributed by atoms with E-state index < -0.39 is 0 Å². The normalized spacial score (nSPS) is 13.2. The van der Waals surface area contributed by atoms with E-state index in [1.54, 1.807) is 0 Å². The van der Waals surface area contributed by atoms with Crippen molar-refractivity contribution >= 4 is 5.91 Å². The first-order valence-electron chi connectivity index (χ1n) is 7.15. The molecule has 1 unspecified atom stereocenters. The van der Waals surface area contributed by atoms with Crippen LogP contribution < -0.4 is 11.1 Å². The SMILES string of the molecule is CC(C)(C)C(CCN)CCC(=O)NCCc1ncon1. The largest absolute Gasteiger partial charge is 0.356 e. The van der Waals surface area contributed by atoms with E-state index in [2.05, 4.69) is 40.8 Å². The van der Waals surface area contributed by atoms with Gasteiger partial charge in [-0.3, -0.25) is 4.79 Å². The molecule has 0 radical (unpaired) electrons. The number of carbonyl (C=O) groups excluding carboxylic acids is 1. The number of nitrogens with two attached hydrogens (primary N) is 1. The van der Waals surface area contributed by atoms with Crippen LogP contribution in [-0.2, 0) is 11.2 Å². The fourth-order valence-corrected chi connectivity index (χ4v) is 2.22. The Morgan fingerprint density at radius 2 is 2.20 bits per heavy atom. The maximum Gasteiger partial charge on any atom is 0.220 e. The van der Waals surface area contributed by atoms with Gasteiger partial charge in [0.15, 0.2) is 5.82 Å². The summed E-state index contributed by atoms with van der Waals surface area (Å²) in [6, 6.07) is 0. The monoisotopic (exact) mass is 282 g/mol. The molecule has 1 heterocycles. The third-order valence-corrected chi connectivity index (χ3v) is 3.54. The van der Waals surface area contributed by atoms with Gasteiger partial charge in [-0.05, 0) is 30.7 Å². The number of carbonyl (C=O) groups is 1. The van der Waals surface area contributed by atoms with Crippen molar-refractivity contribution in [2.24, 2.45) is 17.1 Å². The average Bonchev–Trinajstić information content (AvgIpc) is 2.86. The van der Waals surface area contributed by atoms with Crippen molar-refractivity contribution in [2.75, 3.05) is 13.1 Å². The zero-order chi connectivity index (χ0) is 15.0. The molecule has 0 spiro atoms. The van der Waals surface area contributed by atoms with Crippen molar-refractivity contribution in [3.63, 3.8) is 0 Å². The van der Waals surface area contributed by atoms with Crippen molar-refractivity contribution in [3.05, 3.63) is 12.2 Å². The predicted molar refractivity (Wildman–Crippen MR) is 76.9 cm³/mol. The van der Waals surface area contributed by atoms with Crippen molar-refractivity contribution < 1.29 is 9.32 Å². The highest BCUT2D eigenvalue weighted by molar-refractivity contribution is 5.75. The summed E-state index contributed by atoms with van der Waals surface area (Å²) in [5.74, 6) is 1.15. The summed E-state index contributed by atoms with van der Waals surface area (Å²) < 4.78 is 4.63. The molecule has 0 aliphatic carbocycles. The Morgan fingerprint density at radius 3 is 2.75 bits per heavy atom. The average molecular weight is 282 g/mol. The van der Waals surface area contributed by atoms with Gasteiger partial charge in [-0.25, -0.2) is 0 Å². The van der Waals surface area contributed by atoms with Gasteiger partial charge in [-0.2, -0.15) is 4.98 Å². The molecule has 0 aliphatic heterocycles. The second-order valence-corrected chi connectivity index (χ2v) is 6.13. The number of nitrogens with one attached hydrogen (secondary N) is 1. The van der Waals surface area contributed by atoms with Crippen LogP contribution in [0.2, 0.25) is 0 Å². The van der Waals surface area contributed by atoms with Gasteiger partial charge in [0, 0.05) is 19.4 Å². The van der Waals surface area contributed by atoms with Gasteiger partial charge in [0.25, 0.3) is 0 Å². The van der Waals surface area contributed by atoms with Crippen molar-refractivity contribution in [1.82, 2.24) is 15.5 Å². The third kappa shape index (κ3) is 6.14. The highest BCUT2D eigenvalue weighted by Crippen LogP contribution is 2.31. The Labute approximate surface area is 120 Å². The Morgan fingerprint density at radius 1 is 1.45 bits per heavy atom. The van der Waals surface area contributed by atoms with Crippen LogP contribution in [0.15, 0.2) is 10.9 Å². The molecule has 0 saturated carbocycles. The van der Waals surface area contributed by atoms with Gasteiger partial charge in [0.1, 0.15) is 0 Å². The number of aromatic nitrogens is 2. The van der Waals surface area contributed by atoms with Crippen LogP contribution in [0.4, 0.5) is 0 Å². The molecule has 1 aromatic heterocycles. The number of amides is 1. The Hall–Kier alpha value is -1.43. The number of rotatable bonds is 8. The van der Waals surface area contributed by atoms with E-state index in [1.165, 1.54) is 6.39 Å². The van der Waals surface area contributed by atoms with Crippen LogP contribution in [0.3, 0.4) is 0 Å². The number of hydrogen-bond donors (Lipinski definition) is 2. The summed E-state index contributed by atoms with van der Waals surface area (Å²) in [5.41, 5.74) is 5.83. The van der Waals surface area contributed by atoms with Crippen LogP contribution in [0.5, 0.6) is 0 Å². The van der Waals surface area contributed by atoms with E-state index >= 15 is 0 Å². The lowest BCUT2D eigenvalue weighted by molar-refractivity contribution is -0.121. The Bertz CT molecular complexity index is 384. The van der Waals surface area contributed by atoms with Gasteiger partial charge in [-0.1, -0.05) is 25.9 Å². The molecule has 0 bridgehead atoms. The summed E-state index contributed by atoms with van der Waals surface area (Å²) >= 11 is 0. The Balaban J connectivity index is 2.24. The van der Waals surface area contributed by atoms with E-state index in [-0.39, 0.29) is 11.3 Å². The molecule has 0 aromatic carbocycles. The third-order valence-electron chi connectivity index (χ3n) is 3.54. The van der Waals surface area contributed by atoms with Crippen LogP contribution >= 0.6 is 0 Å². The van der Waals surface area contributed by atoms with Crippen LogP contribution in [0.25, 0.3) is 0 Å².